The van der Waals surface area contributed by atoms with Crippen LogP contribution >= 0.6 is 11.8 Å². The highest BCUT2D eigenvalue weighted by Gasteiger charge is 2.14. The van der Waals surface area contributed by atoms with Crippen molar-refractivity contribution in [1.29, 1.82) is 0 Å². The third-order valence-corrected chi connectivity index (χ3v) is 4.35. The molecule has 0 saturated heterocycles. The van der Waals surface area contributed by atoms with Gasteiger partial charge in [0.2, 0.25) is 5.91 Å². The molecule has 0 aliphatic rings. The van der Waals surface area contributed by atoms with Crippen LogP contribution in [0, 0.1) is 0 Å². The molecule has 2 aromatic heterocycles. The minimum absolute atomic E-state index is 0.146. The number of thioether (sulfide) groups is 1. The molecule has 9 heteroatoms. The maximum absolute atomic E-state index is 12.3. The van der Waals surface area contributed by atoms with Crippen molar-refractivity contribution < 1.29 is 9.53 Å². The number of benzene rings is 1. The Bertz CT molecular complexity index is 882. The number of anilines is 1. The summed E-state index contributed by atoms with van der Waals surface area (Å²) < 4.78 is 7.20. The Kier molecular flexibility index (Phi) is 5.44. The van der Waals surface area contributed by atoms with Gasteiger partial charge >= 0.3 is 0 Å². The summed E-state index contributed by atoms with van der Waals surface area (Å²) in [6.07, 6.45) is 1.46. The van der Waals surface area contributed by atoms with Crippen molar-refractivity contribution in [1.82, 2.24) is 25.0 Å². The zero-order chi connectivity index (χ0) is 17.6. The minimum atomic E-state index is -0.146. The first-order valence-corrected chi connectivity index (χ1v) is 8.90. The predicted octanol–water partition coefficient (Wildman–Crippen LogP) is 2.37. The van der Waals surface area contributed by atoms with Crippen molar-refractivity contribution in [2.75, 3.05) is 17.7 Å². The molecule has 130 valence electrons. The minimum Gasteiger partial charge on any atom is -0.492 e. The maximum atomic E-state index is 12.3. The summed E-state index contributed by atoms with van der Waals surface area (Å²) in [5.41, 5.74) is 1.93. The second kappa shape index (κ2) is 7.93. The number of amides is 1. The second-order valence-electron chi connectivity index (χ2n) is 5.02. The first kappa shape index (κ1) is 17.2. The summed E-state index contributed by atoms with van der Waals surface area (Å²) in [4.78, 5) is 20.7. The summed E-state index contributed by atoms with van der Waals surface area (Å²) in [6.45, 7) is 5.07. The molecule has 8 nitrogen and oxygen atoms in total. The van der Waals surface area contributed by atoms with E-state index in [1.54, 1.807) is 4.68 Å². The van der Waals surface area contributed by atoms with Crippen molar-refractivity contribution in [3.63, 3.8) is 0 Å². The van der Waals surface area contributed by atoms with Crippen LogP contribution in [-0.2, 0) is 11.3 Å². The molecular formula is C16H18N6O2S. The average Bonchev–Trinajstić information content (AvgIpc) is 3.05. The normalized spacial score (nSPS) is 10.8. The molecule has 25 heavy (non-hydrogen) atoms. The molecule has 0 fully saturated rings. The van der Waals surface area contributed by atoms with Gasteiger partial charge in [0.1, 0.15) is 17.1 Å². The zero-order valence-corrected chi connectivity index (χ0v) is 14.8. The van der Waals surface area contributed by atoms with Crippen LogP contribution in [0.2, 0.25) is 0 Å². The molecule has 3 aromatic rings. The van der Waals surface area contributed by atoms with Crippen LogP contribution in [0.25, 0.3) is 11.2 Å². The second-order valence-corrected chi connectivity index (χ2v) is 5.99. The quantitative estimate of drug-likeness (QED) is 0.512. The largest absolute Gasteiger partial charge is 0.492 e. The van der Waals surface area contributed by atoms with Gasteiger partial charge in [-0.15, -0.1) is 5.10 Å². The number of carbonyl (C=O) groups excluding carboxylic acids is 1. The van der Waals surface area contributed by atoms with Gasteiger partial charge in [0.15, 0.2) is 11.2 Å². The Morgan fingerprint density at radius 1 is 1.28 bits per heavy atom. The van der Waals surface area contributed by atoms with E-state index < -0.39 is 0 Å². The third kappa shape index (κ3) is 3.87. The lowest BCUT2D eigenvalue weighted by Gasteiger charge is -2.10. The van der Waals surface area contributed by atoms with E-state index in [2.05, 4.69) is 25.6 Å². The summed E-state index contributed by atoms with van der Waals surface area (Å²) in [7, 11) is 0. The number of nitrogens with one attached hydrogen (secondary N) is 1. The Hall–Kier alpha value is -2.68. The molecule has 3 rings (SSSR count). The molecule has 1 N–H and O–H groups in total. The Morgan fingerprint density at radius 3 is 2.92 bits per heavy atom. The fourth-order valence-corrected chi connectivity index (χ4v) is 2.99. The number of hydrogen-bond acceptors (Lipinski definition) is 7. The molecule has 0 atom stereocenters. The highest BCUT2D eigenvalue weighted by molar-refractivity contribution is 8.00. The number of hydrogen-bond donors (Lipinski definition) is 1. The lowest BCUT2D eigenvalue weighted by Crippen LogP contribution is -2.15. The Balaban J connectivity index is 1.68. The fourth-order valence-electron chi connectivity index (χ4n) is 2.26. The molecule has 0 saturated carbocycles. The SMILES string of the molecule is CCOc1ccccc1NC(=O)CSc1ncnc2c1nnn2CC. The van der Waals surface area contributed by atoms with Gasteiger partial charge in [0.05, 0.1) is 18.0 Å². The molecule has 2 heterocycles. The van der Waals surface area contributed by atoms with Crippen LogP contribution in [-0.4, -0.2) is 43.2 Å². The molecule has 0 spiro atoms. The number of rotatable bonds is 7. The van der Waals surface area contributed by atoms with Crippen LogP contribution in [0.5, 0.6) is 5.75 Å². The Morgan fingerprint density at radius 2 is 2.12 bits per heavy atom. The summed E-state index contributed by atoms with van der Waals surface area (Å²) in [5, 5.41) is 11.6. The Labute approximate surface area is 149 Å². The van der Waals surface area contributed by atoms with Crippen LogP contribution in [0.1, 0.15) is 13.8 Å². The van der Waals surface area contributed by atoms with E-state index in [-0.39, 0.29) is 11.7 Å². The zero-order valence-electron chi connectivity index (χ0n) is 14.0. The lowest BCUT2D eigenvalue weighted by atomic mass is 10.3. The first-order chi connectivity index (χ1) is 12.2. The van der Waals surface area contributed by atoms with Crippen LogP contribution in [0.15, 0.2) is 35.6 Å². The van der Waals surface area contributed by atoms with Gasteiger partial charge in [0, 0.05) is 6.54 Å². The van der Waals surface area contributed by atoms with Gasteiger partial charge in [-0.2, -0.15) is 0 Å². The highest BCUT2D eigenvalue weighted by Crippen LogP contribution is 2.25. The van der Waals surface area contributed by atoms with Crippen molar-refractivity contribution in [3.05, 3.63) is 30.6 Å². The molecular weight excluding hydrogens is 340 g/mol. The van der Waals surface area contributed by atoms with E-state index in [0.29, 0.717) is 40.8 Å². The van der Waals surface area contributed by atoms with Crippen LogP contribution in [0.4, 0.5) is 5.69 Å². The molecule has 0 unspecified atom stereocenters. The van der Waals surface area contributed by atoms with E-state index >= 15 is 0 Å². The van der Waals surface area contributed by atoms with Gasteiger partial charge in [-0.3, -0.25) is 4.79 Å². The standard InChI is InChI=1S/C16H18N6O2S/c1-3-22-15-14(20-21-22)16(18-10-17-15)25-9-13(23)19-11-7-5-6-8-12(11)24-4-2/h5-8,10H,3-4,9H2,1-2H3,(H,19,23). The van der Waals surface area contributed by atoms with E-state index in [1.165, 1.54) is 18.1 Å². The van der Waals surface area contributed by atoms with Crippen molar-refractivity contribution in [2.45, 2.75) is 25.4 Å². The van der Waals surface area contributed by atoms with Crippen molar-refractivity contribution >= 4 is 34.5 Å². The lowest BCUT2D eigenvalue weighted by molar-refractivity contribution is -0.113. The highest BCUT2D eigenvalue weighted by atomic mass is 32.2. The van der Waals surface area contributed by atoms with Gasteiger partial charge in [-0.05, 0) is 26.0 Å². The van der Waals surface area contributed by atoms with E-state index in [4.69, 9.17) is 4.74 Å². The molecule has 1 amide bonds. The third-order valence-electron chi connectivity index (χ3n) is 3.37. The van der Waals surface area contributed by atoms with E-state index in [0.717, 1.165) is 0 Å². The number of carbonyl (C=O) groups is 1. The smallest absolute Gasteiger partial charge is 0.234 e. The van der Waals surface area contributed by atoms with Crippen molar-refractivity contribution in [2.24, 2.45) is 0 Å². The molecule has 0 aliphatic carbocycles. The molecule has 1 aromatic carbocycles. The van der Waals surface area contributed by atoms with E-state index in [9.17, 15) is 4.79 Å². The first-order valence-electron chi connectivity index (χ1n) is 7.91. The number of aromatic nitrogens is 5. The number of ether oxygens (including phenoxy) is 1. The molecule has 0 aliphatic heterocycles. The fraction of sp³-hybridized carbons (Fsp3) is 0.312. The predicted molar refractivity (Wildman–Crippen MR) is 95.8 cm³/mol. The molecule has 0 radical (unpaired) electrons. The van der Waals surface area contributed by atoms with E-state index in [1.807, 2.05) is 38.1 Å². The van der Waals surface area contributed by atoms with Gasteiger partial charge < -0.3 is 10.1 Å². The number of para-hydroxylation sites is 2. The van der Waals surface area contributed by atoms with Gasteiger partial charge in [-0.1, -0.05) is 29.1 Å². The van der Waals surface area contributed by atoms with Crippen LogP contribution < -0.4 is 10.1 Å². The number of aryl methyl sites for hydroxylation is 1. The summed E-state index contributed by atoms with van der Waals surface area (Å²) >= 11 is 1.30. The topological polar surface area (TPSA) is 94.8 Å². The van der Waals surface area contributed by atoms with Crippen LogP contribution in [0.3, 0.4) is 0 Å². The van der Waals surface area contributed by atoms with Gasteiger partial charge in [0.25, 0.3) is 0 Å². The van der Waals surface area contributed by atoms with Gasteiger partial charge in [-0.25, -0.2) is 14.6 Å². The number of fused-ring (bicyclic) bond motifs is 1. The summed E-state index contributed by atoms with van der Waals surface area (Å²) in [6, 6.07) is 7.35. The van der Waals surface area contributed by atoms with Crippen molar-refractivity contribution in [3.8, 4) is 5.75 Å². The summed E-state index contributed by atoms with van der Waals surface area (Å²) in [5.74, 6) is 0.705. The molecule has 0 bridgehead atoms. The number of nitrogens with zero attached hydrogens (tertiary/aromatic N) is 5. The maximum Gasteiger partial charge on any atom is 0.234 e. The average molecular weight is 358 g/mol. The monoisotopic (exact) mass is 358 g/mol.